The second-order valence-corrected chi connectivity index (χ2v) is 9.83. The highest BCUT2D eigenvalue weighted by Gasteiger charge is 2.42. The van der Waals surface area contributed by atoms with Crippen molar-refractivity contribution in [1.82, 2.24) is 9.80 Å². The van der Waals surface area contributed by atoms with Gasteiger partial charge in [-0.15, -0.1) is 0 Å². The molecule has 2 heterocycles. The highest BCUT2D eigenvalue weighted by molar-refractivity contribution is 6.24. The third-order valence-electron chi connectivity index (χ3n) is 7.90. The van der Waals surface area contributed by atoms with Crippen LogP contribution in [0.15, 0.2) is 66.7 Å². The monoisotopic (exact) mass is 513 g/mol. The molecule has 3 aromatic rings. The maximum Gasteiger partial charge on any atom is 0.264 e. The van der Waals surface area contributed by atoms with Gasteiger partial charge in [-0.1, -0.05) is 49.4 Å². The lowest BCUT2D eigenvalue weighted by Gasteiger charge is -2.39. The minimum Gasteiger partial charge on any atom is -0.493 e. The lowest BCUT2D eigenvalue weighted by atomic mass is 10.0. The molecule has 5 rings (SSSR count). The van der Waals surface area contributed by atoms with E-state index in [0.29, 0.717) is 35.1 Å². The number of hydrogen-bond donors (Lipinski definition) is 0. The normalized spacial score (nSPS) is 17.4. The van der Waals surface area contributed by atoms with Gasteiger partial charge in [-0.3, -0.25) is 19.4 Å². The third kappa shape index (κ3) is 4.52. The number of rotatable bonds is 8. The van der Waals surface area contributed by atoms with Crippen LogP contribution in [0.4, 0.5) is 5.69 Å². The number of carbonyl (C=O) groups is 2. The minimum atomic E-state index is -0.404. The first-order valence-electron chi connectivity index (χ1n) is 13.2. The van der Waals surface area contributed by atoms with E-state index in [-0.39, 0.29) is 11.8 Å². The molecule has 0 N–H and O–H groups in total. The van der Waals surface area contributed by atoms with Crippen LogP contribution >= 0.6 is 0 Å². The lowest BCUT2D eigenvalue weighted by molar-refractivity contribution is 0.0577. The molecule has 1 fully saturated rings. The van der Waals surface area contributed by atoms with E-state index in [2.05, 4.69) is 41.0 Å². The Kier molecular flexibility index (Phi) is 7.38. The van der Waals surface area contributed by atoms with Crippen LogP contribution in [0.2, 0.25) is 0 Å². The SMILES string of the molecule is CC[C@H](c1ccc(OC)c(OC)c1)N1C(=O)c2cccc(N3CCN([C@H](C)c4ccccc4)CC3)c2C1=O. The van der Waals surface area contributed by atoms with Gasteiger partial charge in [0, 0.05) is 32.2 Å². The van der Waals surface area contributed by atoms with Crippen molar-refractivity contribution in [2.24, 2.45) is 0 Å². The predicted molar refractivity (Wildman–Crippen MR) is 148 cm³/mol. The van der Waals surface area contributed by atoms with Gasteiger partial charge in [0.05, 0.1) is 37.1 Å². The largest absolute Gasteiger partial charge is 0.493 e. The molecular formula is C31H35N3O4. The number of fused-ring (bicyclic) bond motifs is 1. The summed E-state index contributed by atoms with van der Waals surface area (Å²) < 4.78 is 10.8. The van der Waals surface area contributed by atoms with Crippen molar-refractivity contribution in [1.29, 1.82) is 0 Å². The summed E-state index contributed by atoms with van der Waals surface area (Å²) in [5, 5.41) is 0. The summed E-state index contributed by atoms with van der Waals surface area (Å²) in [5.74, 6) is 0.701. The van der Waals surface area contributed by atoms with Gasteiger partial charge in [0.2, 0.25) is 0 Å². The summed E-state index contributed by atoms with van der Waals surface area (Å²) in [7, 11) is 3.17. The Morgan fingerprint density at radius 1 is 0.789 bits per heavy atom. The van der Waals surface area contributed by atoms with E-state index in [4.69, 9.17) is 9.47 Å². The number of nitrogens with zero attached hydrogens (tertiary/aromatic N) is 3. The predicted octanol–water partition coefficient (Wildman–Crippen LogP) is 5.33. The quantitative estimate of drug-likeness (QED) is 0.379. The van der Waals surface area contributed by atoms with Crippen molar-refractivity contribution in [3.63, 3.8) is 0 Å². The molecular weight excluding hydrogens is 478 g/mol. The first kappa shape index (κ1) is 25.8. The van der Waals surface area contributed by atoms with Crippen molar-refractivity contribution in [3.8, 4) is 11.5 Å². The molecule has 0 aliphatic carbocycles. The number of imide groups is 1. The van der Waals surface area contributed by atoms with Crippen molar-refractivity contribution >= 4 is 17.5 Å². The van der Waals surface area contributed by atoms with Gasteiger partial charge in [-0.05, 0) is 48.7 Å². The molecule has 7 heteroatoms. The number of ether oxygens (including phenoxy) is 2. The van der Waals surface area contributed by atoms with Crippen LogP contribution in [0, 0.1) is 0 Å². The maximum absolute atomic E-state index is 13.9. The van der Waals surface area contributed by atoms with Crippen molar-refractivity contribution in [2.75, 3.05) is 45.3 Å². The van der Waals surface area contributed by atoms with E-state index in [1.54, 1.807) is 20.3 Å². The van der Waals surface area contributed by atoms with Crippen LogP contribution in [-0.2, 0) is 0 Å². The Bertz CT molecular complexity index is 1320. The van der Waals surface area contributed by atoms with Gasteiger partial charge in [-0.25, -0.2) is 0 Å². The number of benzene rings is 3. The molecule has 2 amide bonds. The van der Waals surface area contributed by atoms with Crippen molar-refractivity contribution < 1.29 is 19.1 Å². The molecule has 0 aromatic heterocycles. The molecule has 198 valence electrons. The smallest absolute Gasteiger partial charge is 0.264 e. The van der Waals surface area contributed by atoms with E-state index in [0.717, 1.165) is 37.4 Å². The van der Waals surface area contributed by atoms with Gasteiger partial charge in [0.15, 0.2) is 11.5 Å². The molecule has 2 atom stereocenters. The van der Waals surface area contributed by atoms with Crippen LogP contribution in [0.1, 0.15) is 64.2 Å². The Morgan fingerprint density at radius 2 is 1.50 bits per heavy atom. The van der Waals surface area contributed by atoms with Gasteiger partial charge in [0.1, 0.15) is 0 Å². The lowest BCUT2D eigenvalue weighted by Crippen LogP contribution is -2.47. The summed E-state index contributed by atoms with van der Waals surface area (Å²) in [6.45, 7) is 7.58. The molecule has 0 bridgehead atoms. The average Bonchev–Trinajstić information content (AvgIpc) is 3.23. The van der Waals surface area contributed by atoms with Crippen LogP contribution in [0.5, 0.6) is 11.5 Å². The summed E-state index contributed by atoms with van der Waals surface area (Å²) in [5.41, 5.74) is 3.98. The molecule has 0 radical (unpaired) electrons. The number of anilines is 1. The van der Waals surface area contributed by atoms with Crippen LogP contribution in [-0.4, -0.2) is 62.0 Å². The Labute approximate surface area is 224 Å². The summed E-state index contributed by atoms with van der Waals surface area (Å²) in [6, 6.07) is 21.7. The number of carbonyl (C=O) groups excluding carboxylic acids is 2. The summed E-state index contributed by atoms with van der Waals surface area (Å²) in [6.07, 6.45) is 0.590. The van der Waals surface area contributed by atoms with Gasteiger partial charge >= 0.3 is 0 Å². The Hall–Kier alpha value is -3.84. The van der Waals surface area contributed by atoms with Crippen molar-refractivity contribution in [2.45, 2.75) is 32.4 Å². The standard InChI is InChI=1S/C31H35N3O4/c1-5-25(23-14-15-27(37-3)28(20-23)38-4)34-30(35)24-12-9-13-26(29(24)31(34)36)33-18-16-32(17-19-33)21(2)22-10-7-6-8-11-22/h6-15,20-21,25H,5,16-19H2,1-4H3/t21-,25-/m1/s1. The van der Waals surface area contributed by atoms with Crippen LogP contribution in [0.3, 0.4) is 0 Å². The zero-order valence-corrected chi connectivity index (χ0v) is 22.5. The number of hydrogen-bond acceptors (Lipinski definition) is 6. The molecule has 38 heavy (non-hydrogen) atoms. The maximum atomic E-state index is 13.9. The van der Waals surface area contributed by atoms with Gasteiger partial charge < -0.3 is 14.4 Å². The molecule has 0 saturated carbocycles. The van der Waals surface area contributed by atoms with E-state index in [1.165, 1.54) is 10.5 Å². The highest BCUT2D eigenvalue weighted by atomic mass is 16.5. The minimum absolute atomic E-state index is 0.234. The number of methoxy groups -OCH3 is 2. The average molecular weight is 514 g/mol. The second kappa shape index (κ2) is 10.9. The van der Waals surface area contributed by atoms with Gasteiger partial charge in [0.25, 0.3) is 11.8 Å². The molecule has 0 spiro atoms. The molecule has 1 saturated heterocycles. The Balaban J connectivity index is 1.38. The van der Waals surface area contributed by atoms with E-state index in [9.17, 15) is 9.59 Å². The molecule has 0 unspecified atom stereocenters. The number of amides is 2. The fourth-order valence-corrected chi connectivity index (χ4v) is 5.75. The fourth-order valence-electron chi connectivity index (χ4n) is 5.75. The Morgan fingerprint density at radius 3 is 2.16 bits per heavy atom. The highest BCUT2D eigenvalue weighted by Crippen LogP contribution is 2.40. The van der Waals surface area contributed by atoms with Gasteiger partial charge in [-0.2, -0.15) is 0 Å². The summed E-state index contributed by atoms with van der Waals surface area (Å²) >= 11 is 0. The zero-order chi connectivity index (χ0) is 26.8. The second-order valence-electron chi connectivity index (χ2n) is 9.83. The molecule has 3 aromatic carbocycles. The van der Waals surface area contributed by atoms with Crippen LogP contribution in [0.25, 0.3) is 0 Å². The first-order valence-corrected chi connectivity index (χ1v) is 13.2. The zero-order valence-electron chi connectivity index (χ0n) is 22.5. The topological polar surface area (TPSA) is 62.3 Å². The number of piperazine rings is 1. The first-order chi connectivity index (χ1) is 18.5. The van der Waals surface area contributed by atoms with Crippen molar-refractivity contribution in [3.05, 3.63) is 89.0 Å². The summed E-state index contributed by atoms with van der Waals surface area (Å²) in [4.78, 5) is 33.6. The third-order valence-corrected chi connectivity index (χ3v) is 7.90. The van der Waals surface area contributed by atoms with E-state index >= 15 is 0 Å². The fraction of sp³-hybridized carbons (Fsp3) is 0.355. The van der Waals surface area contributed by atoms with E-state index < -0.39 is 6.04 Å². The molecule has 7 nitrogen and oxygen atoms in total. The molecule has 2 aliphatic heterocycles. The molecule has 2 aliphatic rings. The van der Waals surface area contributed by atoms with Crippen LogP contribution < -0.4 is 14.4 Å². The van der Waals surface area contributed by atoms with E-state index in [1.807, 2.05) is 43.3 Å².